The first-order chi connectivity index (χ1) is 23.6. The van der Waals surface area contributed by atoms with Crippen LogP contribution in [-0.2, 0) is 23.7 Å². The minimum atomic E-state index is -0.846. The minimum Gasteiger partial charge on any atom is -0.446 e. The number of carbonyl (C=O) groups is 1. The summed E-state index contributed by atoms with van der Waals surface area (Å²) < 4.78 is 27.6. The number of allylic oxidation sites excluding steroid dienone is 1. The molecule has 9 heteroatoms. The zero-order valence-electron chi connectivity index (χ0n) is 31.6. The van der Waals surface area contributed by atoms with Gasteiger partial charge in [0, 0.05) is 19.6 Å². The lowest BCUT2D eigenvalue weighted by Crippen LogP contribution is -2.51. The van der Waals surface area contributed by atoms with E-state index >= 15 is 0 Å². The van der Waals surface area contributed by atoms with Gasteiger partial charge in [0.15, 0.2) is 0 Å². The summed E-state index contributed by atoms with van der Waals surface area (Å²) in [6.07, 6.45) is 16.1. The number of aliphatic hydroxyl groups is 2. The summed E-state index contributed by atoms with van der Waals surface area (Å²) in [4.78, 5) is 12.6. The van der Waals surface area contributed by atoms with E-state index < -0.39 is 6.10 Å². The number of hydrogen-bond acceptors (Lipinski definition) is 8. The third kappa shape index (κ3) is 11.4. The summed E-state index contributed by atoms with van der Waals surface area (Å²) in [5.41, 5.74) is 2.33. The van der Waals surface area contributed by atoms with Crippen LogP contribution >= 0.6 is 0 Å². The highest BCUT2D eigenvalue weighted by Crippen LogP contribution is 2.67. The molecule has 0 aromatic carbocycles. The Morgan fingerprint density at radius 2 is 1.57 bits per heavy atom. The molecular weight excluding hydrogens is 622 g/mol. The molecule has 1 amide bonds. The number of alkyl carbamates (subject to hydrolysis) is 1. The molecule has 9 atom stereocenters. The van der Waals surface area contributed by atoms with Gasteiger partial charge in [-0.2, -0.15) is 0 Å². The molecule has 0 heterocycles. The average molecular weight is 694 g/mol. The SMILES string of the molecule is CC(C)CCC[C@H](C)C1CCC2C3CC=C4C[C@@H](OC(=O)NCCCOCCOCCOCCOCC(O)CO)CC[C@]4(C)C3CC[C@@]21C. The summed E-state index contributed by atoms with van der Waals surface area (Å²) in [6.45, 7) is 16.0. The van der Waals surface area contributed by atoms with Crippen molar-refractivity contribution in [1.29, 1.82) is 0 Å². The van der Waals surface area contributed by atoms with Crippen molar-refractivity contribution in [3.63, 3.8) is 0 Å². The molecule has 3 saturated carbocycles. The van der Waals surface area contributed by atoms with Crippen molar-refractivity contribution in [3.05, 3.63) is 11.6 Å². The fourth-order valence-corrected chi connectivity index (χ4v) is 10.2. The lowest BCUT2D eigenvalue weighted by molar-refractivity contribution is -0.0581. The Kier molecular flexibility index (Phi) is 16.7. The van der Waals surface area contributed by atoms with Crippen molar-refractivity contribution in [2.75, 3.05) is 66.0 Å². The van der Waals surface area contributed by atoms with Gasteiger partial charge in [-0.15, -0.1) is 0 Å². The van der Waals surface area contributed by atoms with Gasteiger partial charge in [0.2, 0.25) is 0 Å². The number of rotatable bonds is 22. The topological polar surface area (TPSA) is 116 Å². The quantitative estimate of drug-likeness (QED) is 0.0826. The van der Waals surface area contributed by atoms with Crippen molar-refractivity contribution in [2.45, 2.75) is 124 Å². The second-order valence-corrected chi connectivity index (χ2v) is 16.6. The fraction of sp³-hybridized carbons (Fsp3) is 0.925. The number of amides is 1. The molecule has 4 aliphatic carbocycles. The zero-order valence-corrected chi connectivity index (χ0v) is 31.6. The highest BCUT2D eigenvalue weighted by atomic mass is 16.6. The molecule has 0 aromatic heterocycles. The standard InChI is InChI=1S/C40H71NO8/c1-29(2)8-6-9-30(3)35-12-13-36-34-11-10-31-26-33(14-16-39(31,4)37(34)15-17-40(35,36)5)49-38(44)41-18-7-19-45-20-21-46-22-23-47-24-25-48-28-32(43)27-42/h10,29-30,32-37,42-43H,6-9,11-28H2,1-5H3,(H,41,44)/t30-,32?,33-,34?,35?,36?,37?,39-,40+/m0/s1. The van der Waals surface area contributed by atoms with Crippen LogP contribution in [0.1, 0.15) is 112 Å². The monoisotopic (exact) mass is 694 g/mol. The summed E-state index contributed by atoms with van der Waals surface area (Å²) in [6, 6.07) is 0. The van der Waals surface area contributed by atoms with Crippen LogP contribution in [0.2, 0.25) is 0 Å². The van der Waals surface area contributed by atoms with E-state index in [2.05, 4.69) is 46.0 Å². The van der Waals surface area contributed by atoms with Crippen LogP contribution in [0.5, 0.6) is 0 Å². The lowest BCUT2D eigenvalue weighted by Gasteiger charge is -2.58. The Labute approximate surface area is 297 Å². The molecule has 0 bridgehead atoms. The van der Waals surface area contributed by atoms with Crippen LogP contribution in [0.4, 0.5) is 4.79 Å². The summed E-state index contributed by atoms with van der Waals surface area (Å²) >= 11 is 0. The van der Waals surface area contributed by atoms with Crippen molar-refractivity contribution in [1.82, 2.24) is 5.32 Å². The molecule has 0 saturated heterocycles. The van der Waals surface area contributed by atoms with Crippen LogP contribution < -0.4 is 5.32 Å². The second kappa shape index (κ2) is 20.1. The molecule has 3 N–H and O–H groups in total. The third-order valence-electron chi connectivity index (χ3n) is 12.9. The van der Waals surface area contributed by atoms with E-state index in [1.807, 2.05) is 0 Å². The molecule has 0 aromatic rings. The van der Waals surface area contributed by atoms with E-state index in [1.165, 1.54) is 51.4 Å². The van der Waals surface area contributed by atoms with Crippen molar-refractivity contribution < 1.29 is 38.7 Å². The van der Waals surface area contributed by atoms with Gasteiger partial charge in [-0.25, -0.2) is 4.79 Å². The predicted molar refractivity (Wildman–Crippen MR) is 192 cm³/mol. The molecule has 0 aliphatic heterocycles. The maximum Gasteiger partial charge on any atom is 0.407 e. The van der Waals surface area contributed by atoms with Crippen LogP contribution in [-0.4, -0.2) is 94.5 Å². The Bertz CT molecular complexity index is 1010. The number of carbonyl (C=O) groups excluding carboxylic acids is 1. The Morgan fingerprint density at radius 1 is 0.878 bits per heavy atom. The summed E-state index contributed by atoms with van der Waals surface area (Å²) in [7, 11) is 0. The second-order valence-electron chi connectivity index (χ2n) is 16.6. The maximum atomic E-state index is 12.6. The molecule has 5 unspecified atom stereocenters. The minimum absolute atomic E-state index is 0.0312. The normalized spacial score (nSPS) is 32.2. The van der Waals surface area contributed by atoms with Crippen LogP contribution in [0.3, 0.4) is 0 Å². The molecule has 9 nitrogen and oxygen atoms in total. The zero-order chi connectivity index (χ0) is 35.3. The van der Waals surface area contributed by atoms with Gasteiger partial charge in [0.1, 0.15) is 12.2 Å². The maximum absolute atomic E-state index is 12.6. The number of fused-ring (bicyclic) bond motifs is 5. The van der Waals surface area contributed by atoms with Crippen molar-refractivity contribution in [2.24, 2.45) is 46.3 Å². The first-order valence-electron chi connectivity index (χ1n) is 19.8. The van der Waals surface area contributed by atoms with E-state index in [0.29, 0.717) is 58.2 Å². The van der Waals surface area contributed by atoms with Gasteiger partial charge in [0.25, 0.3) is 0 Å². The van der Waals surface area contributed by atoms with Gasteiger partial charge < -0.3 is 39.2 Å². The Morgan fingerprint density at radius 3 is 2.27 bits per heavy atom. The van der Waals surface area contributed by atoms with E-state index in [1.54, 1.807) is 5.57 Å². The highest BCUT2D eigenvalue weighted by Gasteiger charge is 2.59. The van der Waals surface area contributed by atoms with E-state index in [9.17, 15) is 9.90 Å². The molecule has 0 spiro atoms. The number of nitrogens with one attached hydrogen (secondary N) is 1. The first kappa shape index (κ1) is 40.5. The largest absolute Gasteiger partial charge is 0.446 e. The molecule has 4 aliphatic rings. The number of ether oxygens (including phenoxy) is 5. The fourth-order valence-electron chi connectivity index (χ4n) is 10.2. The molecule has 3 fully saturated rings. The summed E-state index contributed by atoms with van der Waals surface area (Å²) in [5.74, 6) is 5.01. The number of aliphatic hydroxyl groups excluding tert-OH is 2. The van der Waals surface area contributed by atoms with Crippen LogP contribution in [0.25, 0.3) is 0 Å². The van der Waals surface area contributed by atoms with Gasteiger partial charge in [-0.3, -0.25) is 0 Å². The third-order valence-corrected chi connectivity index (χ3v) is 12.9. The smallest absolute Gasteiger partial charge is 0.407 e. The van der Waals surface area contributed by atoms with Crippen LogP contribution in [0, 0.1) is 46.3 Å². The Hall–Kier alpha value is -1.23. The lowest BCUT2D eigenvalue weighted by atomic mass is 9.47. The Balaban J connectivity index is 1.07. The predicted octanol–water partition coefficient (Wildman–Crippen LogP) is 6.93. The van der Waals surface area contributed by atoms with E-state index in [-0.39, 0.29) is 30.8 Å². The number of hydrogen-bond donors (Lipinski definition) is 3. The van der Waals surface area contributed by atoms with Gasteiger partial charge in [0.05, 0.1) is 52.9 Å². The summed E-state index contributed by atoms with van der Waals surface area (Å²) in [5, 5.41) is 20.8. The van der Waals surface area contributed by atoms with Crippen molar-refractivity contribution in [3.8, 4) is 0 Å². The van der Waals surface area contributed by atoms with E-state index in [4.69, 9.17) is 28.8 Å². The first-order valence-corrected chi connectivity index (χ1v) is 19.8. The van der Waals surface area contributed by atoms with E-state index in [0.717, 1.165) is 61.2 Å². The average Bonchev–Trinajstić information content (AvgIpc) is 3.43. The van der Waals surface area contributed by atoms with Gasteiger partial charge in [-0.05, 0) is 97.7 Å². The molecule has 284 valence electrons. The van der Waals surface area contributed by atoms with Crippen LogP contribution in [0.15, 0.2) is 11.6 Å². The molecule has 49 heavy (non-hydrogen) atoms. The molecular formula is C40H71NO8. The molecule has 4 rings (SSSR count). The van der Waals surface area contributed by atoms with Gasteiger partial charge >= 0.3 is 6.09 Å². The van der Waals surface area contributed by atoms with Crippen molar-refractivity contribution >= 4 is 6.09 Å². The molecule has 0 radical (unpaired) electrons. The highest BCUT2D eigenvalue weighted by molar-refractivity contribution is 5.67. The van der Waals surface area contributed by atoms with Gasteiger partial charge in [-0.1, -0.05) is 65.5 Å².